The molecule has 3 heteroatoms. The van der Waals surface area contributed by atoms with Gasteiger partial charge < -0.3 is 5.32 Å². The fourth-order valence-corrected chi connectivity index (χ4v) is 3.55. The highest BCUT2D eigenvalue weighted by Crippen LogP contribution is 2.49. The first kappa shape index (κ1) is 10.7. The molecule has 2 aliphatic heterocycles. The van der Waals surface area contributed by atoms with Crippen molar-refractivity contribution in [1.82, 2.24) is 5.32 Å². The number of fused-ring (bicyclic) bond motifs is 1. The third-order valence-corrected chi connectivity index (χ3v) is 4.36. The minimum absolute atomic E-state index is 0.0239. The van der Waals surface area contributed by atoms with E-state index in [1.54, 1.807) is 6.21 Å². The molecule has 3 nitrogen and oxygen atoms in total. The Balaban J connectivity index is 2.04. The van der Waals surface area contributed by atoms with Crippen LogP contribution in [0.3, 0.4) is 0 Å². The minimum atomic E-state index is -0.181. The van der Waals surface area contributed by atoms with Crippen molar-refractivity contribution in [3.8, 4) is 0 Å². The summed E-state index contributed by atoms with van der Waals surface area (Å²) in [4.78, 5) is 16.0. The van der Waals surface area contributed by atoms with Gasteiger partial charge in [-0.15, -0.1) is 0 Å². The van der Waals surface area contributed by atoms with E-state index >= 15 is 0 Å². The summed E-state index contributed by atoms with van der Waals surface area (Å²) in [5.74, 6) is -0.0239. The fourth-order valence-electron chi connectivity index (χ4n) is 3.55. The van der Waals surface area contributed by atoms with Crippen LogP contribution in [-0.2, 0) is 10.2 Å². The molecule has 19 heavy (non-hydrogen) atoms. The average molecular weight is 250 g/mol. The molecule has 1 fully saturated rings. The van der Waals surface area contributed by atoms with Crippen LogP contribution in [0.15, 0.2) is 46.6 Å². The van der Waals surface area contributed by atoms with Crippen molar-refractivity contribution in [1.29, 1.82) is 0 Å². The molecule has 1 aliphatic carbocycles. The van der Waals surface area contributed by atoms with Crippen LogP contribution in [0.2, 0.25) is 0 Å². The zero-order chi connectivity index (χ0) is 12.9. The number of carbonyl (C=O) groups is 1. The van der Waals surface area contributed by atoms with Gasteiger partial charge in [-0.05, 0) is 35.3 Å². The summed E-state index contributed by atoms with van der Waals surface area (Å²) in [5.41, 5.74) is 4.67. The smallest absolute Gasteiger partial charge is 0.246 e. The maximum atomic E-state index is 12.0. The van der Waals surface area contributed by atoms with Crippen molar-refractivity contribution in [3.05, 3.63) is 52.7 Å². The van der Waals surface area contributed by atoms with E-state index in [9.17, 15) is 4.79 Å². The van der Waals surface area contributed by atoms with Crippen LogP contribution >= 0.6 is 0 Å². The van der Waals surface area contributed by atoms with Gasteiger partial charge in [0.1, 0.15) is 0 Å². The molecule has 1 amide bonds. The van der Waals surface area contributed by atoms with Crippen LogP contribution in [0.1, 0.15) is 24.0 Å². The Morgan fingerprint density at radius 3 is 3.11 bits per heavy atom. The molecule has 0 aromatic heterocycles. The van der Waals surface area contributed by atoms with Gasteiger partial charge in [-0.1, -0.05) is 24.3 Å². The summed E-state index contributed by atoms with van der Waals surface area (Å²) < 4.78 is 0. The van der Waals surface area contributed by atoms with E-state index < -0.39 is 0 Å². The normalized spacial score (nSPS) is 27.5. The molecule has 1 aromatic carbocycles. The van der Waals surface area contributed by atoms with Crippen molar-refractivity contribution in [2.45, 2.75) is 18.3 Å². The number of rotatable bonds is 0. The third kappa shape index (κ3) is 1.38. The molecule has 0 radical (unpaired) electrons. The first-order valence-corrected chi connectivity index (χ1v) is 6.63. The van der Waals surface area contributed by atoms with Crippen LogP contribution in [-0.4, -0.2) is 18.7 Å². The second kappa shape index (κ2) is 3.67. The predicted molar refractivity (Wildman–Crippen MR) is 74.9 cm³/mol. The fraction of sp³-hybridized carbons (Fsp3) is 0.250. The first-order chi connectivity index (χ1) is 9.29. The zero-order valence-corrected chi connectivity index (χ0v) is 10.5. The molecule has 4 rings (SSSR count). The maximum Gasteiger partial charge on any atom is 0.246 e. The van der Waals surface area contributed by atoms with Crippen LogP contribution in [0.25, 0.3) is 6.08 Å². The first-order valence-electron chi connectivity index (χ1n) is 6.63. The Labute approximate surface area is 111 Å². The molecule has 2 bridgehead atoms. The summed E-state index contributed by atoms with van der Waals surface area (Å²) in [6.45, 7) is 0.908. The summed E-state index contributed by atoms with van der Waals surface area (Å²) in [5, 5.41) is 3.45. The zero-order valence-electron chi connectivity index (χ0n) is 10.5. The van der Waals surface area contributed by atoms with Gasteiger partial charge in [-0.2, -0.15) is 0 Å². The Morgan fingerprint density at radius 2 is 2.16 bits per heavy atom. The topological polar surface area (TPSA) is 41.5 Å². The van der Waals surface area contributed by atoms with E-state index in [0.29, 0.717) is 6.42 Å². The summed E-state index contributed by atoms with van der Waals surface area (Å²) >= 11 is 0. The lowest BCUT2D eigenvalue weighted by Crippen LogP contribution is -2.44. The number of hydrogen-bond acceptors (Lipinski definition) is 2. The number of allylic oxidation sites excluding steroid dienone is 2. The number of nitrogens with zero attached hydrogens (tertiary/aromatic N) is 1. The molecule has 94 valence electrons. The van der Waals surface area contributed by atoms with E-state index in [4.69, 9.17) is 0 Å². The standard InChI is InChI=1S/C16H14N2O/c19-15-10-16-6-8-17-14(13(16)5-7-18-15)9-11-3-1-2-4-12(11)16/h1-5,7,9,17H,6,8,10H2. The van der Waals surface area contributed by atoms with E-state index in [0.717, 1.165) is 18.7 Å². The third-order valence-electron chi connectivity index (χ3n) is 4.36. The van der Waals surface area contributed by atoms with Crippen LogP contribution in [0.5, 0.6) is 0 Å². The highest BCUT2D eigenvalue weighted by molar-refractivity contribution is 5.94. The SMILES string of the molecule is O=C1CC23CCNC(=Cc4ccccc42)C3=CC=N1. The molecule has 2 heterocycles. The summed E-state index contributed by atoms with van der Waals surface area (Å²) in [7, 11) is 0. The molecule has 1 N–H and O–H groups in total. The number of aliphatic imine (C=N–C) groups is 1. The number of benzene rings is 1. The molecule has 1 unspecified atom stereocenters. The van der Waals surface area contributed by atoms with Crippen LogP contribution < -0.4 is 5.32 Å². The van der Waals surface area contributed by atoms with Crippen molar-refractivity contribution in [2.24, 2.45) is 4.99 Å². The van der Waals surface area contributed by atoms with Crippen LogP contribution in [0.4, 0.5) is 0 Å². The maximum absolute atomic E-state index is 12.0. The van der Waals surface area contributed by atoms with E-state index in [-0.39, 0.29) is 11.3 Å². The Hall–Kier alpha value is -2.16. The Kier molecular flexibility index (Phi) is 2.07. The molecule has 0 spiro atoms. The second-order valence-corrected chi connectivity index (χ2v) is 5.33. The molecular formula is C16H14N2O. The predicted octanol–water partition coefficient (Wildman–Crippen LogP) is 2.20. The van der Waals surface area contributed by atoms with Gasteiger partial charge in [-0.25, -0.2) is 4.99 Å². The van der Waals surface area contributed by atoms with E-state index in [1.807, 2.05) is 12.1 Å². The number of carbonyl (C=O) groups excluding carboxylic acids is 1. The molecule has 0 saturated carbocycles. The average Bonchev–Trinajstić information content (AvgIpc) is 2.58. The lowest BCUT2D eigenvalue weighted by Gasteiger charge is -2.44. The monoisotopic (exact) mass is 250 g/mol. The van der Waals surface area contributed by atoms with Gasteiger partial charge >= 0.3 is 0 Å². The van der Waals surface area contributed by atoms with Gasteiger partial charge in [0, 0.05) is 30.3 Å². The molecule has 1 saturated heterocycles. The largest absolute Gasteiger partial charge is 0.385 e. The lowest BCUT2D eigenvalue weighted by molar-refractivity contribution is -0.118. The molecule has 1 atom stereocenters. The molecule has 1 aromatic rings. The quantitative estimate of drug-likeness (QED) is 0.767. The Bertz CT molecular complexity index is 669. The highest BCUT2D eigenvalue weighted by Gasteiger charge is 2.45. The number of amides is 1. The molecular weight excluding hydrogens is 236 g/mol. The summed E-state index contributed by atoms with van der Waals surface area (Å²) in [6.07, 6.45) is 7.25. The van der Waals surface area contributed by atoms with Crippen molar-refractivity contribution in [2.75, 3.05) is 6.54 Å². The number of hydrogen-bond donors (Lipinski definition) is 1. The highest BCUT2D eigenvalue weighted by atomic mass is 16.1. The van der Waals surface area contributed by atoms with Gasteiger partial charge in [0.2, 0.25) is 5.91 Å². The van der Waals surface area contributed by atoms with Gasteiger partial charge in [-0.3, -0.25) is 4.79 Å². The second-order valence-electron chi connectivity index (χ2n) is 5.33. The van der Waals surface area contributed by atoms with E-state index in [1.165, 1.54) is 16.7 Å². The van der Waals surface area contributed by atoms with Crippen molar-refractivity contribution < 1.29 is 4.79 Å². The minimum Gasteiger partial charge on any atom is -0.385 e. The molecule has 3 aliphatic rings. The Morgan fingerprint density at radius 1 is 1.26 bits per heavy atom. The van der Waals surface area contributed by atoms with Crippen LogP contribution in [0, 0.1) is 0 Å². The lowest BCUT2D eigenvalue weighted by atomic mass is 9.62. The van der Waals surface area contributed by atoms with Crippen molar-refractivity contribution >= 4 is 18.2 Å². The van der Waals surface area contributed by atoms with Gasteiger partial charge in [0.15, 0.2) is 0 Å². The number of piperidine rings is 1. The van der Waals surface area contributed by atoms with Crippen molar-refractivity contribution in [3.63, 3.8) is 0 Å². The van der Waals surface area contributed by atoms with Gasteiger partial charge in [0.05, 0.1) is 0 Å². The van der Waals surface area contributed by atoms with Gasteiger partial charge in [0.25, 0.3) is 0 Å². The summed E-state index contributed by atoms with van der Waals surface area (Å²) in [6, 6.07) is 8.38. The number of nitrogens with one attached hydrogen (secondary N) is 1. The van der Waals surface area contributed by atoms with E-state index in [2.05, 4.69) is 34.6 Å².